The fraction of sp³-hybridized carbons (Fsp3) is 0.471. The van der Waals surface area contributed by atoms with Gasteiger partial charge < -0.3 is 14.6 Å². The third-order valence-corrected chi connectivity index (χ3v) is 4.50. The zero-order valence-corrected chi connectivity index (χ0v) is 13.2. The summed E-state index contributed by atoms with van der Waals surface area (Å²) in [6.07, 6.45) is 5.04. The number of hydrogen-bond donors (Lipinski definition) is 1. The molecule has 1 fully saturated rings. The van der Waals surface area contributed by atoms with Crippen LogP contribution in [0.4, 0.5) is 0 Å². The maximum Gasteiger partial charge on any atom is 0.326 e. The highest BCUT2D eigenvalue weighted by molar-refractivity contribution is 5.84. The Labute approximate surface area is 134 Å². The lowest BCUT2D eigenvalue weighted by molar-refractivity contribution is -0.148. The van der Waals surface area contributed by atoms with Crippen LogP contribution in [0.2, 0.25) is 0 Å². The van der Waals surface area contributed by atoms with Crippen molar-refractivity contribution in [3.63, 3.8) is 0 Å². The topological polar surface area (TPSA) is 75.4 Å². The number of carboxylic acid groups (broad SMARTS) is 1. The Morgan fingerprint density at radius 2 is 2.22 bits per heavy atom. The van der Waals surface area contributed by atoms with Crippen molar-refractivity contribution in [2.75, 3.05) is 6.54 Å². The highest BCUT2D eigenvalue weighted by Gasteiger charge is 2.33. The summed E-state index contributed by atoms with van der Waals surface area (Å²) in [5.41, 5.74) is 3.20. The lowest BCUT2D eigenvalue weighted by atomic mass is 10.1. The average Bonchev–Trinajstić information content (AvgIpc) is 3.14. The summed E-state index contributed by atoms with van der Waals surface area (Å²) in [5.74, 6) is -0.940. The molecule has 122 valence electrons. The molecule has 1 aliphatic heterocycles. The van der Waals surface area contributed by atoms with Gasteiger partial charge in [-0.3, -0.25) is 4.79 Å². The van der Waals surface area contributed by atoms with Crippen molar-refractivity contribution in [2.45, 2.75) is 38.1 Å². The van der Waals surface area contributed by atoms with Gasteiger partial charge in [0, 0.05) is 20.0 Å². The number of aliphatic carboxylic acids is 1. The molecule has 6 heteroatoms. The molecule has 3 rings (SSSR count). The molecule has 2 aromatic rings. The largest absolute Gasteiger partial charge is 0.480 e. The number of imidazole rings is 1. The van der Waals surface area contributed by atoms with E-state index >= 15 is 0 Å². The molecule has 1 atom stereocenters. The number of amides is 1. The van der Waals surface area contributed by atoms with Crippen LogP contribution in [0.1, 0.15) is 31.2 Å². The second-order valence-corrected chi connectivity index (χ2v) is 6.12. The summed E-state index contributed by atoms with van der Waals surface area (Å²) in [7, 11) is 1.96. The fourth-order valence-electron chi connectivity index (χ4n) is 3.25. The van der Waals surface area contributed by atoms with Gasteiger partial charge in [0.15, 0.2) is 0 Å². The standard InChI is InChI=1S/C17H21N3O3/c1-19-11-18-13-10-12(7-8-14(13)19)4-2-6-16(21)20-9-3-5-15(20)17(22)23/h7-8,10-11,15H,2-6,9H2,1H3,(H,22,23). The molecule has 1 N–H and O–H groups in total. The lowest BCUT2D eigenvalue weighted by Gasteiger charge is -2.21. The van der Waals surface area contributed by atoms with Crippen molar-refractivity contribution in [3.8, 4) is 0 Å². The first kappa shape index (κ1) is 15.5. The number of fused-ring (bicyclic) bond motifs is 1. The number of carboxylic acids is 1. The molecule has 0 saturated carbocycles. The van der Waals surface area contributed by atoms with E-state index < -0.39 is 12.0 Å². The number of benzene rings is 1. The summed E-state index contributed by atoms with van der Waals surface area (Å²) in [6, 6.07) is 5.52. The first-order valence-electron chi connectivity index (χ1n) is 7.98. The van der Waals surface area contributed by atoms with E-state index in [9.17, 15) is 9.59 Å². The van der Waals surface area contributed by atoms with Gasteiger partial charge in [-0.1, -0.05) is 6.07 Å². The van der Waals surface area contributed by atoms with Crippen LogP contribution in [0.3, 0.4) is 0 Å². The van der Waals surface area contributed by atoms with E-state index in [4.69, 9.17) is 5.11 Å². The molecule has 1 amide bonds. The van der Waals surface area contributed by atoms with Crippen LogP contribution in [0, 0.1) is 0 Å². The first-order valence-corrected chi connectivity index (χ1v) is 7.98. The number of carbonyl (C=O) groups excluding carboxylic acids is 1. The van der Waals surface area contributed by atoms with E-state index in [2.05, 4.69) is 17.1 Å². The number of hydrogen-bond acceptors (Lipinski definition) is 3. The Hall–Kier alpha value is -2.37. The number of carbonyl (C=O) groups is 2. The minimum Gasteiger partial charge on any atom is -0.480 e. The molecule has 23 heavy (non-hydrogen) atoms. The van der Waals surface area contributed by atoms with Gasteiger partial charge in [0.1, 0.15) is 6.04 Å². The van der Waals surface area contributed by atoms with Gasteiger partial charge in [-0.15, -0.1) is 0 Å². The molecule has 0 spiro atoms. The van der Waals surface area contributed by atoms with Crippen LogP contribution < -0.4 is 0 Å². The van der Waals surface area contributed by atoms with Crippen molar-refractivity contribution in [3.05, 3.63) is 30.1 Å². The van der Waals surface area contributed by atoms with E-state index in [0.717, 1.165) is 35.9 Å². The molecular formula is C17H21N3O3. The van der Waals surface area contributed by atoms with Crippen molar-refractivity contribution in [2.24, 2.45) is 7.05 Å². The minimum atomic E-state index is -0.892. The lowest BCUT2D eigenvalue weighted by Crippen LogP contribution is -2.40. The summed E-state index contributed by atoms with van der Waals surface area (Å²) in [6.45, 7) is 0.565. The van der Waals surface area contributed by atoms with Crippen molar-refractivity contribution in [1.29, 1.82) is 0 Å². The summed E-state index contributed by atoms with van der Waals surface area (Å²) in [5, 5.41) is 9.14. The van der Waals surface area contributed by atoms with Gasteiger partial charge in [0.05, 0.1) is 17.4 Å². The van der Waals surface area contributed by atoms with Crippen LogP contribution >= 0.6 is 0 Å². The summed E-state index contributed by atoms with van der Waals surface area (Å²) in [4.78, 5) is 29.2. The molecule has 0 aliphatic carbocycles. The molecule has 1 aromatic heterocycles. The molecule has 1 aliphatic rings. The average molecular weight is 315 g/mol. The zero-order chi connectivity index (χ0) is 16.4. The predicted molar refractivity (Wildman–Crippen MR) is 86.0 cm³/mol. The van der Waals surface area contributed by atoms with Crippen LogP contribution in [0.25, 0.3) is 11.0 Å². The van der Waals surface area contributed by atoms with Crippen LogP contribution in [0.5, 0.6) is 0 Å². The number of nitrogens with zero attached hydrogens (tertiary/aromatic N) is 3. The summed E-state index contributed by atoms with van der Waals surface area (Å²) >= 11 is 0. The molecule has 1 aromatic carbocycles. The van der Waals surface area contributed by atoms with E-state index in [-0.39, 0.29) is 5.91 Å². The van der Waals surface area contributed by atoms with Gasteiger partial charge in [0.2, 0.25) is 5.91 Å². The molecular weight excluding hydrogens is 294 g/mol. The highest BCUT2D eigenvalue weighted by Crippen LogP contribution is 2.20. The van der Waals surface area contributed by atoms with E-state index in [0.29, 0.717) is 19.4 Å². The van der Waals surface area contributed by atoms with Crippen LogP contribution in [0.15, 0.2) is 24.5 Å². The van der Waals surface area contributed by atoms with Gasteiger partial charge >= 0.3 is 5.97 Å². The molecule has 1 unspecified atom stereocenters. The minimum absolute atomic E-state index is 0.0474. The Bertz CT molecular complexity index is 738. The second-order valence-electron chi connectivity index (χ2n) is 6.12. The third-order valence-electron chi connectivity index (χ3n) is 4.50. The Morgan fingerprint density at radius 1 is 1.39 bits per heavy atom. The maximum absolute atomic E-state index is 12.2. The van der Waals surface area contributed by atoms with Gasteiger partial charge in [0.25, 0.3) is 0 Å². The molecule has 2 heterocycles. The van der Waals surface area contributed by atoms with Gasteiger partial charge in [-0.2, -0.15) is 0 Å². The number of aromatic nitrogens is 2. The van der Waals surface area contributed by atoms with Crippen LogP contribution in [-0.2, 0) is 23.1 Å². The van der Waals surface area contributed by atoms with Crippen molar-refractivity contribution < 1.29 is 14.7 Å². The number of rotatable bonds is 5. The number of aryl methyl sites for hydroxylation is 2. The smallest absolute Gasteiger partial charge is 0.326 e. The quantitative estimate of drug-likeness (QED) is 0.915. The summed E-state index contributed by atoms with van der Waals surface area (Å²) < 4.78 is 1.97. The molecule has 6 nitrogen and oxygen atoms in total. The van der Waals surface area contributed by atoms with E-state index in [1.165, 1.54) is 4.90 Å². The van der Waals surface area contributed by atoms with Gasteiger partial charge in [-0.05, 0) is 43.4 Å². The maximum atomic E-state index is 12.2. The van der Waals surface area contributed by atoms with Gasteiger partial charge in [-0.25, -0.2) is 9.78 Å². The second kappa shape index (κ2) is 6.40. The van der Waals surface area contributed by atoms with Crippen LogP contribution in [-0.4, -0.2) is 44.0 Å². The van der Waals surface area contributed by atoms with E-state index in [1.54, 1.807) is 6.33 Å². The first-order chi connectivity index (χ1) is 11.1. The Morgan fingerprint density at radius 3 is 3.00 bits per heavy atom. The molecule has 0 radical (unpaired) electrons. The Kier molecular flexibility index (Phi) is 4.32. The zero-order valence-electron chi connectivity index (χ0n) is 13.2. The van der Waals surface area contributed by atoms with Crippen molar-refractivity contribution >= 4 is 22.9 Å². The fourth-order valence-corrected chi connectivity index (χ4v) is 3.25. The van der Waals surface area contributed by atoms with E-state index in [1.807, 2.05) is 17.7 Å². The SMILES string of the molecule is Cn1cnc2cc(CCCC(=O)N3CCCC3C(=O)O)ccc21. The molecule has 0 bridgehead atoms. The molecule has 1 saturated heterocycles. The highest BCUT2D eigenvalue weighted by atomic mass is 16.4. The Balaban J connectivity index is 1.55. The normalized spacial score (nSPS) is 17.8. The third kappa shape index (κ3) is 3.21. The monoisotopic (exact) mass is 315 g/mol. The predicted octanol–water partition coefficient (Wildman–Crippen LogP) is 1.97. The van der Waals surface area contributed by atoms with Crippen molar-refractivity contribution in [1.82, 2.24) is 14.5 Å². The number of likely N-dealkylation sites (tertiary alicyclic amines) is 1.